The maximum atomic E-state index is 13.7. The van der Waals surface area contributed by atoms with Crippen LogP contribution >= 0.6 is 11.6 Å². The van der Waals surface area contributed by atoms with Gasteiger partial charge in [0.1, 0.15) is 35.4 Å². The van der Waals surface area contributed by atoms with Gasteiger partial charge in [0.05, 0.1) is 27.7 Å². The summed E-state index contributed by atoms with van der Waals surface area (Å²) >= 11 is 6.36. The molecule has 0 aliphatic carbocycles. The molecule has 0 aliphatic rings. The molecule has 4 rings (SSSR count). The molecule has 0 bridgehead atoms. The van der Waals surface area contributed by atoms with Crippen LogP contribution in [0.3, 0.4) is 0 Å². The summed E-state index contributed by atoms with van der Waals surface area (Å²) in [5, 5.41) is 18.3. The molecule has 2 heterocycles. The summed E-state index contributed by atoms with van der Waals surface area (Å²) in [7, 11) is 1.50. The third-order valence-corrected chi connectivity index (χ3v) is 5.51. The predicted molar refractivity (Wildman–Crippen MR) is 134 cm³/mol. The van der Waals surface area contributed by atoms with E-state index in [4.69, 9.17) is 22.3 Å². The number of amides is 2. The van der Waals surface area contributed by atoms with Crippen molar-refractivity contribution >= 4 is 45.9 Å². The molecule has 0 aliphatic heterocycles. The van der Waals surface area contributed by atoms with Crippen LogP contribution in [-0.2, 0) is 0 Å². The van der Waals surface area contributed by atoms with E-state index in [1.807, 2.05) is 6.07 Å². The Morgan fingerprint density at radius 3 is 2.74 bits per heavy atom. The number of nitrogens with zero attached hydrogens (tertiary/aromatic N) is 5. The van der Waals surface area contributed by atoms with Crippen molar-refractivity contribution in [3.05, 3.63) is 75.6 Å². The van der Waals surface area contributed by atoms with Crippen molar-refractivity contribution in [2.75, 3.05) is 23.4 Å². The molecule has 1 unspecified atom stereocenters. The molecule has 35 heavy (non-hydrogen) atoms. The number of fused-ring (bicyclic) bond motifs is 1. The molecule has 0 saturated carbocycles. The number of nitriles is 1. The Kier molecular flexibility index (Phi) is 6.48. The second-order valence-electron chi connectivity index (χ2n) is 7.46. The summed E-state index contributed by atoms with van der Waals surface area (Å²) in [5.74, 6) is 0.554. The number of hydrogen-bond donors (Lipinski definition) is 4. The third-order valence-electron chi connectivity index (χ3n) is 5.19. The number of urea groups is 1. The van der Waals surface area contributed by atoms with E-state index < -0.39 is 17.6 Å². The minimum absolute atomic E-state index is 0.0285. The average Bonchev–Trinajstić information content (AvgIpc) is 2.84. The molecule has 1 atom stereocenters. The lowest BCUT2D eigenvalue weighted by Gasteiger charge is -2.21. The first-order chi connectivity index (χ1) is 16.8. The summed E-state index contributed by atoms with van der Waals surface area (Å²) in [6, 6.07) is 12.7. The number of nitrogen functional groups attached to an aromatic ring is 1. The van der Waals surface area contributed by atoms with Crippen LogP contribution < -0.4 is 27.2 Å². The Labute approximate surface area is 204 Å². The molecule has 12 heteroatoms. The number of rotatable bonds is 5. The predicted octanol–water partition coefficient (Wildman–Crippen LogP) is 3.21. The molecule has 2 aromatic heterocycles. The maximum absolute atomic E-state index is 13.7. The van der Waals surface area contributed by atoms with Gasteiger partial charge in [0.15, 0.2) is 0 Å². The highest BCUT2D eigenvalue weighted by molar-refractivity contribution is 6.35. The standard InChI is InChI=1S/C23H20ClN9O2/c1-12(30-20-15(10-25)19(26)28-11-29-20)21-32-17-8-4-7-16(24)18(17)22(34)33(21)14-6-3-5-13(9-14)31-23(35)27-2/h3-9,11-12H,1-2H3,(H2,27,31,35)(H3,26,28,29,30). The zero-order valence-electron chi connectivity index (χ0n) is 18.7. The lowest BCUT2D eigenvalue weighted by molar-refractivity contribution is 0.254. The summed E-state index contributed by atoms with van der Waals surface area (Å²) in [6.45, 7) is 1.76. The van der Waals surface area contributed by atoms with Crippen LogP contribution in [0.25, 0.3) is 16.6 Å². The van der Waals surface area contributed by atoms with Crippen molar-refractivity contribution < 1.29 is 4.79 Å². The van der Waals surface area contributed by atoms with Crippen molar-refractivity contribution in [2.24, 2.45) is 0 Å². The SMILES string of the molecule is CNC(=O)Nc1cccc(-n2c(C(C)Nc3ncnc(N)c3C#N)nc3cccc(Cl)c3c2=O)c1. The number of anilines is 3. The summed E-state index contributed by atoms with van der Waals surface area (Å²) < 4.78 is 1.40. The molecular formula is C23H20ClN9O2. The molecule has 176 valence electrons. The van der Waals surface area contributed by atoms with Crippen molar-refractivity contribution in [1.29, 1.82) is 5.26 Å². The van der Waals surface area contributed by atoms with E-state index >= 15 is 0 Å². The Morgan fingerprint density at radius 1 is 1.23 bits per heavy atom. The molecule has 0 fully saturated rings. The first-order valence-corrected chi connectivity index (χ1v) is 10.8. The Hall–Kier alpha value is -4.69. The monoisotopic (exact) mass is 489 g/mol. The summed E-state index contributed by atoms with van der Waals surface area (Å²) in [6.07, 6.45) is 1.24. The van der Waals surface area contributed by atoms with Crippen LogP contribution in [0.5, 0.6) is 0 Å². The summed E-state index contributed by atoms with van der Waals surface area (Å²) in [4.78, 5) is 38.2. The Balaban J connectivity index is 1.91. The van der Waals surface area contributed by atoms with Crippen molar-refractivity contribution in [3.63, 3.8) is 0 Å². The number of hydrogen-bond acceptors (Lipinski definition) is 8. The van der Waals surface area contributed by atoms with Gasteiger partial charge in [-0.15, -0.1) is 0 Å². The van der Waals surface area contributed by atoms with Gasteiger partial charge in [-0.2, -0.15) is 5.26 Å². The van der Waals surface area contributed by atoms with Gasteiger partial charge < -0.3 is 21.7 Å². The molecule has 0 spiro atoms. The van der Waals surface area contributed by atoms with E-state index in [0.29, 0.717) is 22.7 Å². The van der Waals surface area contributed by atoms with Gasteiger partial charge in [0.2, 0.25) is 0 Å². The minimum Gasteiger partial charge on any atom is -0.382 e. The number of carbonyl (C=O) groups excluding carboxylic acids is 1. The molecule has 2 amide bonds. The number of nitrogens with two attached hydrogens (primary N) is 1. The molecular weight excluding hydrogens is 470 g/mol. The maximum Gasteiger partial charge on any atom is 0.318 e. The van der Waals surface area contributed by atoms with E-state index in [0.717, 1.165) is 0 Å². The van der Waals surface area contributed by atoms with Crippen LogP contribution in [0.15, 0.2) is 53.6 Å². The molecule has 4 aromatic rings. The fraction of sp³-hybridized carbons (Fsp3) is 0.130. The number of nitrogens with one attached hydrogen (secondary N) is 3. The van der Waals surface area contributed by atoms with Crippen LogP contribution in [0, 0.1) is 11.3 Å². The van der Waals surface area contributed by atoms with E-state index in [9.17, 15) is 14.9 Å². The van der Waals surface area contributed by atoms with Crippen molar-refractivity contribution in [1.82, 2.24) is 24.8 Å². The summed E-state index contributed by atoms with van der Waals surface area (Å²) in [5.41, 5.74) is 6.81. The zero-order chi connectivity index (χ0) is 25.1. The Morgan fingerprint density at radius 2 is 2.00 bits per heavy atom. The van der Waals surface area contributed by atoms with Gasteiger partial charge in [-0.3, -0.25) is 9.36 Å². The van der Waals surface area contributed by atoms with Crippen LogP contribution in [0.2, 0.25) is 5.02 Å². The normalized spacial score (nSPS) is 11.5. The fourth-order valence-corrected chi connectivity index (χ4v) is 3.80. The molecule has 0 saturated heterocycles. The van der Waals surface area contributed by atoms with Crippen molar-refractivity contribution in [3.8, 4) is 11.8 Å². The van der Waals surface area contributed by atoms with E-state index in [1.54, 1.807) is 49.4 Å². The van der Waals surface area contributed by atoms with Gasteiger partial charge in [0.25, 0.3) is 5.56 Å². The van der Waals surface area contributed by atoms with Gasteiger partial charge in [0, 0.05) is 12.7 Å². The van der Waals surface area contributed by atoms with Gasteiger partial charge in [-0.25, -0.2) is 19.7 Å². The molecule has 2 aromatic carbocycles. The highest BCUT2D eigenvalue weighted by atomic mass is 35.5. The minimum atomic E-state index is -0.608. The number of carbonyl (C=O) groups is 1. The van der Waals surface area contributed by atoms with E-state index in [1.165, 1.54) is 17.9 Å². The second kappa shape index (κ2) is 9.66. The van der Waals surface area contributed by atoms with E-state index in [2.05, 4.69) is 25.9 Å². The topological polar surface area (TPSA) is 164 Å². The van der Waals surface area contributed by atoms with Gasteiger partial charge in [-0.05, 0) is 37.3 Å². The molecule has 5 N–H and O–H groups in total. The van der Waals surface area contributed by atoms with Crippen molar-refractivity contribution in [2.45, 2.75) is 13.0 Å². The smallest absolute Gasteiger partial charge is 0.318 e. The fourth-order valence-electron chi connectivity index (χ4n) is 3.55. The highest BCUT2D eigenvalue weighted by Crippen LogP contribution is 2.26. The largest absolute Gasteiger partial charge is 0.382 e. The first-order valence-electron chi connectivity index (χ1n) is 10.4. The van der Waals surface area contributed by atoms with Gasteiger partial charge in [-0.1, -0.05) is 23.7 Å². The first kappa shape index (κ1) is 23.5. The van der Waals surface area contributed by atoms with Gasteiger partial charge >= 0.3 is 6.03 Å². The quantitative estimate of drug-likeness (QED) is 0.332. The van der Waals surface area contributed by atoms with E-state index in [-0.39, 0.29) is 27.6 Å². The highest BCUT2D eigenvalue weighted by Gasteiger charge is 2.21. The second-order valence-corrected chi connectivity index (χ2v) is 7.87. The average molecular weight is 490 g/mol. The van der Waals surface area contributed by atoms with Crippen LogP contribution in [-0.4, -0.2) is 32.6 Å². The lowest BCUT2D eigenvalue weighted by Crippen LogP contribution is -2.28. The Bertz CT molecular complexity index is 1540. The third kappa shape index (κ3) is 4.55. The number of halogens is 1. The molecule has 0 radical (unpaired) electrons. The zero-order valence-corrected chi connectivity index (χ0v) is 19.5. The van der Waals surface area contributed by atoms with Crippen LogP contribution in [0.1, 0.15) is 24.4 Å². The number of aromatic nitrogens is 4. The number of benzene rings is 2. The van der Waals surface area contributed by atoms with Crippen LogP contribution in [0.4, 0.5) is 22.1 Å². The molecule has 11 nitrogen and oxygen atoms in total. The lowest BCUT2D eigenvalue weighted by atomic mass is 10.2.